The van der Waals surface area contributed by atoms with Crippen LogP contribution in [0.5, 0.6) is 0 Å². The van der Waals surface area contributed by atoms with Crippen LogP contribution in [0.4, 0.5) is 28.4 Å². The molecule has 2 unspecified atom stereocenters. The number of imide groups is 1. The van der Waals surface area contributed by atoms with Gasteiger partial charge in [0.05, 0.1) is 41.1 Å². The van der Waals surface area contributed by atoms with Crippen molar-refractivity contribution in [1.82, 2.24) is 10.2 Å². The minimum atomic E-state index is -4.67. The van der Waals surface area contributed by atoms with Crippen LogP contribution in [-0.4, -0.2) is 40.0 Å². The van der Waals surface area contributed by atoms with Crippen LogP contribution in [-0.2, 0) is 11.0 Å². The van der Waals surface area contributed by atoms with Crippen molar-refractivity contribution in [3.05, 3.63) is 76.5 Å². The molecule has 1 aliphatic heterocycles. The first-order valence-electron chi connectivity index (χ1n) is 13.2. The third-order valence-electron chi connectivity index (χ3n) is 7.67. The standard InChI is InChI=1S/C29H27F3N4O4/c30-29(31,32)19-5-3-6-20(15-19)35-22-8-4-10-24(38)25(22)26(18-13-11-17(16-33)12-14-18)36(28(35)40)27(39)34-21-7-1-2-9-23(21)37/h3,5-6,11-15,21,23,26,37H,1-2,4,7-10H2,(H,34,39)/t21?,23-,26?/m0/s1. The first-order valence-corrected chi connectivity index (χ1v) is 13.2. The summed E-state index contributed by atoms with van der Waals surface area (Å²) < 4.78 is 40.8. The van der Waals surface area contributed by atoms with Gasteiger partial charge in [0.15, 0.2) is 5.78 Å². The molecule has 0 aromatic heterocycles. The fourth-order valence-electron chi connectivity index (χ4n) is 5.71. The second-order valence-electron chi connectivity index (χ2n) is 10.2. The highest BCUT2D eigenvalue weighted by atomic mass is 19.4. The van der Waals surface area contributed by atoms with Crippen molar-refractivity contribution in [2.24, 2.45) is 0 Å². The Balaban J connectivity index is 1.67. The molecule has 2 aromatic rings. The summed E-state index contributed by atoms with van der Waals surface area (Å²) in [6.07, 6.45) is -2.20. The number of benzene rings is 2. The Hall–Kier alpha value is -4.17. The zero-order valence-electron chi connectivity index (χ0n) is 21.4. The van der Waals surface area contributed by atoms with Gasteiger partial charge < -0.3 is 10.4 Å². The number of halogens is 3. The summed E-state index contributed by atoms with van der Waals surface area (Å²) in [5.41, 5.74) is 0.0394. The molecule has 0 spiro atoms. The predicted octanol–water partition coefficient (Wildman–Crippen LogP) is 5.58. The largest absolute Gasteiger partial charge is 0.416 e. The Morgan fingerprint density at radius 3 is 2.42 bits per heavy atom. The van der Waals surface area contributed by atoms with Gasteiger partial charge in [0.25, 0.3) is 0 Å². The highest BCUT2D eigenvalue weighted by Gasteiger charge is 2.48. The number of aliphatic hydroxyl groups is 1. The van der Waals surface area contributed by atoms with Crippen molar-refractivity contribution in [1.29, 1.82) is 5.26 Å². The van der Waals surface area contributed by atoms with Crippen LogP contribution in [0.2, 0.25) is 0 Å². The number of carbonyl (C=O) groups is 3. The Morgan fingerprint density at radius 1 is 1.02 bits per heavy atom. The molecule has 3 aliphatic rings. The highest BCUT2D eigenvalue weighted by Crippen LogP contribution is 2.45. The minimum Gasteiger partial charge on any atom is -0.391 e. The molecule has 8 nitrogen and oxygen atoms in total. The van der Waals surface area contributed by atoms with Crippen molar-refractivity contribution in [3.63, 3.8) is 0 Å². The lowest BCUT2D eigenvalue weighted by Gasteiger charge is -2.44. The molecule has 11 heteroatoms. The number of nitrogens with one attached hydrogen (secondary N) is 1. The van der Waals surface area contributed by atoms with Crippen LogP contribution in [0.1, 0.15) is 67.7 Å². The summed E-state index contributed by atoms with van der Waals surface area (Å²) in [6, 6.07) is 8.77. The number of anilines is 1. The molecule has 1 heterocycles. The Morgan fingerprint density at radius 2 is 1.75 bits per heavy atom. The van der Waals surface area contributed by atoms with Crippen molar-refractivity contribution in [2.45, 2.75) is 69.3 Å². The highest BCUT2D eigenvalue weighted by molar-refractivity contribution is 6.11. The van der Waals surface area contributed by atoms with E-state index in [2.05, 4.69) is 5.32 Å². The summed E-state index contributed by atoms with van der Waals surface area (Å²) in [7, 11) is 0. The number of amides is 4. The zero-order valence-corrected chi connectivity index (χ0v) is 21.4. The lowest BCUT2D eigenvalue weighted by Crippen LogP contribution is -2.59. The second-order valence-corrected chi connectivity index (χ2v) is 10.2. The molecule has 1 fully saturated rings. The number of alkyl halides is 3. The molecule has 2 N–H and O–H groups in total. The van der Waals surface area contributed by atoms with Gasteiger partial charge in [-0.2, -0.15) is 18.4 Å². The first-order chi connectivity index (χ1) is 19.1. The van der Waals surface area contributed by atoms with E-state index in [0.29, 0.717) is 30.4 Å². The van der Waals surface area contributed by atoms with Gasteiger partial charge in [-0.3, -0.25) is 9.69 Å². The van der Waals surface area contributed by atoms with Crippen LogP contribution < -0.4 is 10.2 Å². The van der Waals surface area contributed by atoms with Gasteiger partial charge in [0.1, 0.15) is 0 Å². The van der Waals surface area contributed by atoms with Crippen molar-refractivity contribution >= 4 is 23.5 Å². The lowest BCUT2D eigenvalue weighted by molar-refractivity contribution is -0.137. The van der Waals surface area contributed by atoms with E-state index in [4.69, 9.17) is 0 Å². The number of urea groups is 2. The molecule has 0 radical (unpaired) electrons. The molecular weight excluding hydrogens is 525 g/mol. The summed E-state index contributed by atoms with van der Waals surface area (Å²) >= 11 is 0. The number of Topliss-reactive ketones (excluding diaryl/α,β-unsaturated/α-hetero) is 1. The molecule has 2 aliphatic carbocycles. The zero-order chi connectivity index (χ0) is 28.6. The maximum absolute atomic E-state index is 14.2. The average molecular weight is 553 g/mol. The van der Waals surface area contributed by atoms with Crippen LogP contribution >= 0.6 is 0 Å². The van der Waals surface area contributed by atoms with Gasteiger partial charge in [0, 0.05) is 17.7 Å². The molecule has 3 atom stereocenters. The van der Waals surface area contributed by atoms with Crippen LogP contribution in [0.3, 0.4) is 0 Å². The van der Waals surface area contributed by atoms with Crippen molar-refractivity contribution in [2.75, 3.05) is 4.90 Å². The summed E-state index contributed by atoms with van der Waals surface area (Å²) in [5.74, 6) is -0.324. The number of hydrogen-bond acceptors (Lipinski definition) is 5. The molecular formula is C29H27F3N4O4. The van der Waals surface area contributed by atoms with E-state index in [1.165, 1.54) is 24.3 Å². The summed E-state index contributed by atoms with van der Waals surface area (Å²) in [5, 5.41) is 22.4. The van der Waals surface area contributed by atoms with Crippen molar-refractivity contribution < 1.29 is 32.7 Å². The molecule has 40 heavy (non-hydrogen) atoms. The summed E-state index contributed by atoms with van der Waals surface area (Å²) in [4.78, 5) is 43.3. The SMILES string of the molecule is N#Cc1ccc(C2C3=C(CCCC3=O)N(c3cccc(C(F)(F)F)c3)C(=O)N2C(=O)NC2CCCC[C@@H]2O)cc1. The average Bonchev–Trinajstić information content (AvgIpc) is 2.93. The number of nitrogens with zero attached hydrogens (tertiary/aromatic N) is 3. The number of aliphatic hydroxyl groups excluding tert-OH is 1. The van der Waals surface area contributed by atoms with E-state index < -0.39 is 42.0 Å². The Bertz CT molecular complexity index is 1410. The smallest absolute Gasteiger partial charge is 0.391 e. The topological polar surface area (TPSA) is 114 Å². The van der Waals surface area contributed by atoms with Crippen molar-refractivity contribution in [3.8, 4) is 6.07 Å². The molecule has 208 valence electrons. The third-order valence-corrected chi connectivity index (χ3v) is 7.67. The molecule has 0 saturated heterocycles. The van der Waals surface area contributed by atoms with Gasteiger partial charge in [-0.15, -0.1) is 0 Å². The second kappa shape index (κ2) is 10.8. The first kappa shape index (κ1) is 27.4. The minimum absolute atomic E-state index is 0.115. The van der Waals surface area contributed by atoms with Gasteiger partial charge in [-0.25, -0.2) is 14.5 Å². The van der Waals surface area contributed by atoms with E-state index in [0.717, 1.165) is 34.8 Å². The van der Waals surface area contributed by atoms with E-state index in [1.54, 1.807) is 12.1 Å². The van der Waals surface area contributed by atoms with Gasteiger partial charge in [-0.05, 0) is 61.6 Å². The van der Waals surface area contributed by atoms with Gasteiger partial charge in [0.2, 0.25) is 0 Å². The Kier molecular flexibility index (Phi) is 7.38. The number of hydrogen-bond donors (Lipinski definition) is 2. The summed E-state index contributed by atoms with van der Waals surface area (Å²) in [6.45, 7) is 0. The predicted molar refractivity (Wildman–Crippen MR) is 138 cm³/mol. The molecule has 1 saturated carbocycles. The quantitative estimate of drug-likeness (QED) is 0.516. The van der Waals surface area contributed by atoms with Crippen LogP contribution in [0.15, 0.2) is 59.8 Å². The van der Waals surface area contributed by atoms with Crippen LogP contribution in [0.25, 0.3) is 0 Å². The number of carbonyl (C=O) groups excluding carboxylic acids is 3. The van der Waals surface area contributed by atoms with Crippen LogP contribution in [0, 0.1) is 11.3 Å². The van der Waals surface area contributed by atoms with E-state index in [1.807, 2.05) is 6.07 Å². The van der Waals surface area contributed by atoms with Gasteiger partial charge >= 0.3 is 18.2 Å². The normalized spacial score (nSPS) is 23.5. The van der Waals surface area contributed by atoms with Gasteiger partial charge in [-0.1, -0.05) is 31.0 Å². The number of rotatable bonds is 3. The van der Waals surface area contributed by atoms with E-state index >= 15 is 0 Å². The fourth-order valence-corrected chi connectivity index (χ4v) is 5.71. The maximum Gasteiger partial charge on any atom is 0.416 e. The Labute approximate surface area is 228 Å². The number of allylic oxidation sites excluding steroid dienone is 1. The molecule has 4 amide bonds. The monoisotopic (exact) mass is 552 g/mol. The maximum atomic E-state index is 14.2. The molecule has 5 rings (SSSR count). The fraction of sp³-hybridized carbons (Fsp3) is 0.379. The lowest BCUT2D eigenvalue weighted by atomic mass is 9.83. The number of nitriles is 1. The molecule has 0 bridgehead atoms. The van der Waals surface area contributed by atoms with E-state index in [-0.39, 0.29) is 35.6 Å². The van der Waals surface area contributed by atoms with E-state index in [9.17, 15) is 37.9 Å². The molecule has 2 aromatic carbocycles. The number of ketones is 1. The third kappa shape index (κ3) is 5.07.